The second kappa shape index (κ2) is 7.58. The first-order valence-electron chi connectivity index (χ1n) is 9.49. The predicted octanol–water partition coefficient (Wildman–Crippen LogP) is 3.78. The van der Waals surface area contributed by atoms with Gasteiger partial charge in [-0.2, -0.15) is 0 Å². The molecule has 2 atom stereocenters. The normalized spacial score (nSPS) is 19.2. The van der Waals surface area contributed by atoms with Crippen molar-refractivity contribution < 1.29 is 15.0 Å². The molecule has 0 saturated heterocycles. The SMILES string of the molecule is O=C(O)C(O)c1ccccc1C1(NCc2ccccc2)CCc2ccccc21. The van der Waals surface area contributed by atoms with E-state index < -0.39 is 17.6 Å². The molecule has 4 heteroatoms. The minimum atomic E-state index is -1.56. The van der Waals surface area contributed by atoms with Crippen LogP contribution in [-0.2, 0) is 23.3 Å². The Morgan fingerprint density at radius 3 is 2.32 bits per heavy atom. The van der Waals surface area contributed by atoms with Crippen LogP contribution in [0.2, 0.25) is 0 Å². The summed E-state index contributed by atoms with van der Waals surface area (Å²) in [5, 5.41) is 23.5. The Labute approximate surface area is 164 Å². The van der Waals surface area contributed by atoms with E-state index in [1.165, 1.54) is 5.56 Å². The fourth-order valence-electron chi connectivity index (χ4n) is 4.28. The number of carbonyl (C=O) groups is 1. The summed E-state index contributed by atoms with van der Waals surface area (Å²) in [5.74, 6) is -1.24. The van der Waals surface area contributed by atoms with Crippen molar-refractivity contribution in [1.29, 1.82) is 0 Å². The van der Waals surface area contributed by atoms with E-state index in [2.05, 4.69) is 29.6 Å². The highest BCUT2D eigenvalue weighted by atomic mass is 16.4. The molecule has 0 heterocycles. The molecule has 3 aromatic rings. The van der Waals surface area contributed by atoms with E-state index in [9.17, 15) is 15.0 Å². The third kappa shape index (κ3) is 3.21. The third-order valence-electron chi connectivity index (χ3n) is 5.63. The van der Waals surface area contributed by atoms with Gasteiger partial charge < -0.3 is 10.2 Å². The molecule has 0 spiro atoms. The number of carboxylic acids is 1. The number of aliphatic hydroxyl groups is 1. The van der Waals surface area contributed by atoms with Crippen molar-refractivity contribution in [3.05, 3.63) is 107 Å². The first-order chi connectivity index (χ1) is 13.6. The van der Waals surface area contributed by atoms with Gasteiger partial charge in [0, 0.05) is 6.54 Å². The van der Waals surface area contributed by atoms with E-state index in [4.69, 9.17) is 0 Å². The molecule has 0 amide bonds. The maximum Gasteiger partial charge on any atom is 0.337 e. The molecule has 4 nitrogen and oxygen atoms in total. The summed E-state index contributed by atoms with van der Waals surface area (Å²) in [6.07, 6.45) is 0.150. The Kier molecular flexibility index (Phi) is 4.99. The molecule has 28 heavy (non-hydrogen) atoms. The lowest BCUT2D eigenvalue weighted by Gasteiger charge is -2.35. The number of rotatable bonds is 6. The van der Waals surface area contributed by atoms with Crippen molar-refractivity contribution in [3.63, 3.8) is 0 Å². The Hall–Kier alpha value is -2.95. The van der Waals surface area contributed by atoms with Gasteiger partial charge >= 0.3 is 5.97 Å². The van der Waals surface area contributed by atoms with Crippen LogP contribution in [0, 0.1) is 0 Å². The van der Waals surface area contributed by atoms with E-state index in [1.807, 2.05) is 42.5 Å². The number of hydrogen-bond acceptors (Lipinski definition) is 3. The highest BCUT2D eigenvalue weighted by molar-refractivity contribution is 5.75. The van der Waals surface area contributed by atoms with E-state index in [0.29, 0.717) is 12.1 Å². The number of aryl methyl sites for hydroxylation is 1. The molecular formula is C24H23NO3. The number of aliphatic carboxylic acids is 1. The highest BCUT2D eigenvalue weighted by Crippen LogP contribution is 2.44. The van der Waals surface area contributed by atoms with Gasteiger partial charge in [-0.15, -0.1) is 0 Å². The molecular weight excluding hydrogens is 350 g/mol. The van der Waals surface area contributed by atoms with Gasteiger partial charge in [0.15, 0.2) is 6.10 Å². The van der Waals surface area contributed by atoms with Gasteiger partial charge in [0.1, 0.15) is 0 Å². The van der Waals surface area contributed by atoms with Gasteiger partial charge in [-0.25, -0.2) is 4.79 Å². The molecule has 0 aromatic heterocycles. The molecule has 1 aliphatic rings. The van der Waals surface area contributed by atoms with Crippen molar-refractivity contribution >= 4 is 5.97 Å². The average Bonchev–Trinajstić information content (AvgIpc) is 3.12. The second-order valence-electron chi connectivity index (χ2n) is 7.23. The van der Waals surface area contributed by atoms with Crippen LogP contribution in [0.1, 0.15) is 40.3 Å². The van der Waals surface area contributed by atoms with Crippen molar-refractivity contribution in [2.75, 3.05) is 0 Å². The summed E-state index contributed by atoms with van der Waals surface area (Å²) >= 11 is 0. The van der Waals surface area contributed by atoms with Crippen molar-refractivity contribution in [2.45, 2.75) is 31.0 Å². The summed E-state index contributed by atoms with van der Waals surface area (Å²) in [7, 11) is 0. The van der Waals surface area contributed by atoms with Crippen LogP contribution in [-0.4, -0.2) is 16.2 Å². The maximum atomic E-state index is 11.5. The standard InChI is InChI=1S/C24H23NO3/c26-22(23(27)28)19-11-5-7-13-21(19)24(25-16-17-8-2-1-3-9-17)15-14-18-10-4-6-12-20(18)24/h1-13,22,25-26H,14-16H2,(H,27,28). The summed E-state index contributed by atoms with van der Waals surface area (Å²) in [6.45, 7) is 0.646. The summed E-state index contributed by atoms with van der Waals surface area (Å²) in [6, 6.07) is 25.7. The van der Waals surface area contributed by atoms with Gasteiger partial charge in [-0.1, -0.05) is 78.9 Å². The zero-order chi connectivity index (χ0) is 19.6. The molecule has 0 bridgehead atoms. The molecule has 3 aromatic carbocycles. The van der Waals surface area contributed by atoms with Gasteiger partial charge in [-0.3, -0.25) is 5.32 Å². The molecule has 0 fully saturated rings. The third-order valence-corrected chi connectivity index (χ3v) is 5.63. The summed E-state index contributed by atoms with van der Waals surface area (Å²) in [5.41, 5.74) is 4.28. The minimum absolute atomic E-state index is 0.437. The molecule has 0 radical (unpaired) electrons. The average molecular weight is 373 g/mol. The fraction of sp³-hybridized carbons (Fsp3) is 0.208. The van der Waals surface area contributed by atoms with Crippen LogP contribution in [0.3, 0.4) is 0 Å². The quantitative estimate of drug-likeness (QED) is 0.615. The van der Waals surface area contributed by atoms with Gasteiger partial charge in [-0.05, 0) is 40.7 Å². The topological polar surface area (TPSA) is 69.6 Å². The number of hydrogen-bond donors (Lipinski definition) is 3. The number of fused-ring (bicyclic) bond motifs is 1. The number of carboxylic acid groups (broad SMARTS) is 1. The largest absolute Gasteiger partial charge is 0.479 e. The van der Waals surface area contributed by atoms with E-state index >= 15 is 0 Å². The fourth-order valence-corrected chi connectivity index (χ4v) is 4.28. The Balaban J connectivity index is 1.83. The van der Waals surface area contributed by atoms with Crippen LogP contribution in [0.5, 0.6) is 0 Å². The van der Waals surface area contributed by atoms with Gasteiger partial charge in [0.2, 0.25) is 0 Å². The molecule has 0 aliphatic heterocycles. The van der Waals surface area contributed by atoms with E-state index in [-0.39, 0.29) is 0 Å². The lowest BCUT2D eigenvalue weighted by Crippen LogP contribution is -2.42. The lowest BCUT2D eigenvalue weighted by molar-refractivity contribution is -0.147. The smallest absolute Gasteiger partial charge is 0.337 e. The Morgan fingerprint density at radius 1 is 0.929 bits per heavy atom. The lowest BCUT2D eigenvalue weighted by atomic mass is 9.80. The van der Waals surface area contributed by atoms with Crippen molar-refractivity contribution in [2.24, 2.45) is 0 Å². The number of benzene rings is 3. The molecule has 1 aliphatic carbocycles. The van der Waals surface area contributed by atoms with Crippen LogP contribution in [0.25, 0.3) is 0 Å². The van der Waals surface area contributed by atoms with E-state index in [0.717, 1.165) is 29.5 Å². The monoisotopic (exact) mass is 373 g/mol. The predicted molar refractivity (Wildman–Crippen MR) is 108 cm³/mol. The molecule has 3 N–H and O–H groups in total. The van der Waals surface area contributed by atoms with Crippen LogP contribution in [0.4, 0.5) is 0 Å². The number of aliphatic hydroxyl groups excluding tert-OH is 1. The Morgan fingerprint density at radius 2 is 1.57 bits per heavy atom. The second-order valence-corrected chi connectivity index (χ2v) is 7.23. The molecule has 142 valence electrons. The highest BCUT2D eigenvalue weighted by Gasteiger charge is 2.42. The van der Waals surface area contributed by atoms with Crippen LogP contribution >= 0.6 is 0 Å². The molecule has 4 rings (SSSR count). The maximum absolute atomic E-state index is 11.5. The van der Waals surface area contributed by atoms with Gasteiger partial charge in [0.25, 0.3) is 0 Å². The summed E-state index contributed by atoms with van der Waals surface area (Å²) in [4.78, 5) is 11.5. The van der Waals surface area contributed by atoms with Crippen molar-refractivity contribution in [1.82, 2.24) is 5.32 Å². The first-order valence-corrected chi connectivity index (χ1v) is 9.49. The zero-order valence-corrected chi connectivity index (χ0v) is 15.5. The van der Waals surface area contributed by atoms with Crippen molar-refractivity contribution in [3.8, 4) is 0 Å². The van der Waals surface area contributed by atoms with Crippen LogP contribution in [0.15, 0.2) is 78.9 Å². The van der Waals surface area contributed by atoms with Gasteiger partial charge in [0.05, 0.1) is 5.54 Å². The van der Waals surface area contributed by atoms with Crippen LogP contribution < -0.4 is 5.32 Å². The minimum Gasteiger partial charge on any atom is -0.479 e. The molecule has 0 saturated carbocycles. The Bertz CT molecular complexity index is 986. The van der Waals surface area contributed by atoms with E-state index in [1.54, 1.807) is 12.1 Å². The number of nitrogens with one attached hydrogen (secondary N) is 1. The zero-order valence-electron chi connectivity index (χ0n) is 15.5. The summed E-state index contributed by atoms with van der Waals surface area (Å²) < 4.78 is 0. The molecule has 2 unspecified atom stereocenters. The first kappa shape index (κ1) is 18.4.